The van der Waals surface area contributed by atoms with Crippen molar-refractivity contribution in [3.63, 3.8) is 0 Å². The number of methoxy groups -OCH3 is 1. The summed E-state index contributed by atoms with van der Waals surface area (Å²) in [7, 11) is -2.91. The van der Waals surface area contributed by atoms with Gasteiger partial charge >= 0.3 is 0 Å². The number of carbonyl (C=O) groups excluding carboxylic acids is 1. The molecule has 0 bridgehead atoms. The molecule has 0 heterocycles. The molecule has 0 saturated heterocycles. The van der Waals surface area contributed by atoms with Gasteiger partial charge in [0, 0.05) is 0 Å². The number of primary amides is 1. The quantitative estimate of drug-likeness (QED) is 0.527. The second kappa shape index (κ2) is 5.63. The Labute approximate surface area is 108 Å². The molecule has 1 amide bonds. The topological polar surface area (TPSA) is 142 Å². The van der Waals surface area contributed by atoms with Crippen LogP contribution in [0.2, 0.25) is 0 Å². The summed E-state index contributed by atoms with van der Waals surface area (Å²) < 4.78 is 30.2. The molecule has 0 aliphatic rings. The molecule has 0 aliphatic carbocycles. The second-order valence-corrected chi connectivity index (χ2v) is 5.12. The number of nitrogens with zero attached hydrogens (tertiary/aromatic N) is 1. The lowest BCUT2D eigenvalue weighted by Gasteiger charge is -2.07. The Bertz CT molecular complexity index is 612. The molecule has 1 aromatic carbocycles. The van der Waals surface area contributed by atoms with Crippen molar-refractivity contribution >= 4 is 21.6 Å². The van der Waals surface area contributed by atoms with Crippen molar-refractivity contribution in [2.24, 2.45) is 5.73 Å². The molecule has 3 N–H and O–H groups in total. The van der Waals surface area contributed by atoms with Crippen LogP contribution in [0.25, 0.3) is 0 Å². The Hall–Kier alpha value is -2.20. The number of ether oxygens (including phenoxy) is 1. The summed E-state index contributed by atoms with van der Waals surface area (Å²) in [5.74, 6) is -0.764. The molecule has 0 aromatic heterocycles. The molecule has 9 nitrogen and oxygen atoms in total. The summed E-state index contributed by atoms with van der Waals surface area (Å²) in [5.41, 5.74) is 4.15. The fraction of sp³-hybridized carbons (Fsp3) is 0.222. The Morgan fingerprint density at radius 2 is 2.16 bits per heavy atom. The Morgan fingerprint density at radius 1 is 1.53 bits per heavy atom. The number of nitrogens with two attached hydrogens (primary N) is 1. The van der Waals surface area contributed by atoms with Crippen molar-refractivity contribution in [2.45, 2.75) is 4.90 Å². The van der Waals surface area contributed by atoms with Crippen LogP contribution in [0.1, 0.15) is 0 Å². The standard InChI is InChI=1S/C9H11N3O6S/c1-18-6-2-3-8(7(4-6)12(14)15)19(16,17)11-5-9(10)13/h2-4,11H,5H2,1H3,(H2,10,13). The van der Waals surface area contributed by atoms with Crippen LogP contribution in [-0.4, -0.2) is 32.9 Å². The molecule has 0 saturated carbocycles. The average molecular weight is 289 g/mol. The smallest absolute Gasteiger partial charge is 0.293 e. The normalized spacial score (nSPS) is 11.0. The number of hydrogen-bond donors (Lipinski definition) is 2. The van der Waals surface area contributed by atoms with Crippen LogP contribution in [0.4, 0.5) is 5.69 Å². The zero-order valence-electron chi connectivity index (χ0n) is 9.82. The van der Waals surface area contributed by atoms with Crippen LogP contribution in [0.15, 0.2) is 23.1 Å². The molecule has 1 rings (SSSR count). The Balaban J connectivity index is 3.25. The average Bonchev–Trinajstić information content (AvgIpc) is 2.35. The Kier molecular flexibility index (Phi) is 4.40. The van der Waals surface area contributed by atoms with E-state index in [2.05, 4.69) is 0 Å². The van der Waals surface area contributed by atoms with Gasteiger partial charge in [-0.3, -0.25) is 14.9 Å². The van der Waals surface area contributed by atoms with Gasteiger partial charge in [0.15, 0.2) is 4.90 Å². The highest BCUT2D eigenvalue weighted by Crippen LogP contribution is 2.27. The second-order valence-electron chi connectivity index (χ2n) is 3.38. The lowest BCUT2D eigenvalue weighted by Crippen LogP contribution is -2.33. The van der Waals surface area contributed by atoms with E-state index in [0.29, 0.717) is 0 Å². The van der Waals surface area contributed by atoms with Crippen LogP contribution in [0.3, 0.4) is 0 Å². The van der Waals surface area contributed by atoms with Gasteiger partial charge < -0.3 is 10.5 Å². The van der Waals surface area contributed by atoms with E-state index in [1.165, 1.54) is 13.2 Å². The van der Waals surface area contributed by atoms with E-state index in [0.717, 1.165) is 12.1 Å². The highest BCUT2D eigenvalue weighted by molar-refractivity contribution is 7.89. The van der Waals surface area contributed by atoms with Gasteiger partial charge in [-0.1, -0.05) is 0 Å². The maximum atomic E-state index is 11.8. The Morgan fingerprint density at radius 3 is 2.63 bits per heavy atom. The van der Waals surface area contributed by atoms with Gasteiger partial charge in [-0.2, -0.15) is 0 Å². The maximum Gasteiger partial charge on any atom is 0.293 e. The fourth-order valence-corrected chi connectivity index (χ4v) is 2.38. The van der Waals surface area contributed by atoms with E-state index in [1.807, 2.05) is 4.72 Å². The SMILES string of the molecule is COc1ccc(S(=O)(=O)NCC(N)=O)c([N+](=O)[O-])c1. The van der Waals surface area contributed by atoms with Crippen LogP contribution < -0.4 is 15.2 Å². The van der Waals surface area contributed by atoms with Crippen molar-refractivity contribution in [2.75, 3.05) is 13.7 Å². The lowest BCUT2D eigenvalue weighted by molar-refractivity contribution is -0.387. The van der Waals surface area contributed by atoms with E-state index >= 15 is 0 Å². The highest BCUT2D eigenvalue weighted by atomic mass is 32.2. The van der Waals surface area contributed by atoms with E-state index in [1.54, 1.807) is 0 Å². The zero-order chi connectivity index (χ0) is 14.6. The van der Waals surface area contributed by atoms with Crippen LogP contribution in [0, 0.1) is 10.1 Å². The minimum absolute atomic E-state index is 0.139. The summed E-state index contributed by atoms with van der Waals surface area (Å²) in [6.45, 7) is -0.647. The van der Waals surface area contributed by atoms with Crippen LogP contribution in [-0.2, 0) is 14.8 Å². The van der Waals surface area contributed by atoms with Crippen molar-refractivity contribution in [1.29, 1.82) is 0 Å². The summed E-state index contributed by atoms with van der Waals surface area (Å²) in [5, 5.41) is 10.8. The van der Waals surface area contributed by atoms with Crippen molar-refractivity contribution in [1.82, 2.24) is 4.72 Å². The van der Waals surface area contributed by atoms with Gasteiger partial charge in [0.25, 0.3) is 5.69 Å². The number of amides is 1. The molecule has 10 heteroatoms. The first-order valence-electron chi connectivity index (χ1n) is 4.88. The molecule has 104 valence electrons. The minimum Gasteiger partial charge on any atom is -0.497 e. The summed E-state index contributed by atoms with van der Waals surface area (Å²) in [6.07, 6.45) is 0. The molecule has 0 spiro atoms. The summed E-state index contributed by atoms with van der Waals surface area (Å²) in [4.78, 5) is 19.9. The number of carbonyl (C=O) groups is 1. The monoisotopic (exact) mass is 289 g/mol. The first-order valence-corrected chi connectivity index (χ1v) is 6.36. The van der Waals surface area contributed by atoms with Gasteiger partial charge in [-0.15, -0.1) is 0 Å². The molecule has 0 radical (unpaired) electrons. The van der Waals surface area contributed by atoms with Crippen LogP contribution in [0.5, 0.6) is 5.75 Å². The van der Waals surface area contributed by atoms with Gasteiger partial charge in [0.1, 0.15) is 5.75 Å². The van der Waals surface area contributed by atoms with Gasteiger partial charge in [0.05, 0.1) is 24.6 Å². The van der Waals surface area contributed by atoms with E-state index < -0.39 is 38.0 Å². The highest BCUT2D eigenvalue weighted by Gasteiger charge is 2.26. The lowest BCUT2D eigenvalue weighted by atomic mass is 10.3. The van der Waals surface area contributed by atoms with Crippen molar-refractivity contribution < 1.29 is 22.9 Å². The predicted molar refractivity (Wildman–Crippen MR) is 64.0 cm³/mol. The van der Waals surface area contributed by atoms with Gasteiger partial charge in [0.2, 0.25) is 15.9 Å². The number of nitrogens with one attached hydrogen (secondary N) is 1. The first kappa shape index (κ1) is 14.9. The molecular weight excluding hydrogens is 278 g/mol. The summed E-state index contributed by atoms with van der Waals surface area (Å²) >= 11 is 0. The zero-order valence-corrected chi connectivity index (χ0v) is 10.6. The molecule has 0 unspecified atom stereocenters. The number of rotatable bonds is 6. The number of nitro groups is 1. The third-order valence-corrected chi connectivity index (χ3v) is 3.54. The van der Waals surface area contributed by atoms with Gasteiger partial charge in [-0.05, 0) is 12.1 Å². The molecule has 1 aromatic rings. The third-order valence-electron chi connectivity index (χ3n) is 2.09. The predicted octanol–water partition coefficient (Wildman–Crippen LogP) is -0.633. The van der Waals surface area contributed by atoms with Crippen molar-refractivity contribution in [3.8, 4) is 5.75 Å². The fourth-order valence-electron chi connectivity index (χ4n) is 1.24. The molecule has 19 heavy (non-hydrogen) atoms. The van der Waals surface area contributed by atoms with Crippen LogP contribution >= 0.6 is 0 Å². The summed E-state index contributed by atoms with van der Waals surface area (Å²) in [6, 6.07) is 3.24. The third kappa shape index (κ3) is 3.63. The molecule has 0 atom stereocenters. The van der Waals surface area contributed by atoms with E-state index in [-0.39, 0.29) is 5.75 Å². The molecule has 0 fully saturated rings. The number of sulfonamides is 1. The number of hydrogen-bond acceptors (Lipinski definition) is 6. The molecule has 0 aliphatic heterocycles. The number of nitro benzene ring substituents is 1. The first-order chi connectivity index (χ1) is 8.77. The maximum absolute atomic E-state index is 11.8. The van der Waals surface area contributed by atoms with E-state index in [9.17, 15) is 23.3 Å². The van der Waals surface area contributed by atoms with Gasteiger partial charge in [-0.25, -0.2) is 13.1 Å². The minimum atomic E-state index is -4.20. The van der Waals surface area contributed by atoms with E-state index in [4.69, 9.17) is 10.5 Å². The largest absolute Gasteiger partial charge is 0.497 e. The molecular formula is C9H11N3O6S. The van der Waals surface area contributed by atoms with Crippen molar-refractivity contribution in [3.05, 3.63) is 28.3 Å². The number of benzene rings is 1.